The Bertz CT molecular complexity index is 5530. The fourth-order valence-corrected chi connectivity index (χ4v) is 15.5. The van der Waals surface area contributed by atoms with E-state index in [0.717, 1.165) is 190 Å². The van der Waals surface area contributed by atoms with E-state index in [1.807, 2.05) is 0 Å². The predicted molar refractivity (Wildman–Crippen MR) is 439 cm³/mol. The number of H-pyrrole nitrogens is 2. The molecule has 0 fully saturated rings. The van der Waals surface area contributed by atoms with E-state index in [2.05, 4.69) is 404 Å². The second-order valence-electron chi connectivity index (χ2n) is 28.6. The van der Waals surface area contributed by atoms with Gasteiger partial charge in [0.15, 0.2) is 0 Å². The number of fused-ring (bicyclic) bond motifs is 10. The number of nitrogens with zero attached hydrogens (tertiary/aromatic N) is 4. The Morgan fingerprint density at radius 3 is 0.654 bits per heavy atom. The summed E-state index contributed by atoms with van der Waals surface area (Å²) in [7, 11) is 13.4. The molecule has 17 rings (SSSR count). The molecular formula is C98H78N6+2. The van der Waals surface area contributed by atoms with E-state index < -0.39 is 0 Å². The van der Waals surface area contributed by atoms with Crippen molar-refractivity contribution in [3.8, 4) is 44.5 Å². The molecule has 0 saturated carbocycles. The van der Waals surface area contributed by atoms with Gasteiger partial charge in [-0.3, -0.25) is 8.97 Å². The molecule has 14 aromatic rings. The number of allylic oxidation sites excluding steroid dienone is 4. The molecule has 6 nitrogen and oxygen atoms in total. The molecule has 2 aliphatic heterocycles. The van der Waals surface area contributed by atoms with Gasteiger partial charge < -0.3 is 9.97 Å². The van der Waals surface area contributed by atoms with Crippen molar-refractivity contribution in [1.82, 2.24) is 18.9 Å². The van der Waals surface area contributed by atoms with Crippen LogP contribution in [-0.4, -0.2) is 63.7 Å². The minimum atomic E-state index is 0.627. The molecule has 0 saturated heterocycles. The van der Waals surface area contributed by atoms with Gasteiger partial charge in [0.2, 0.25) is 0 Å². The van der Waals surface area contributed by atoms with Gasteiger partial charge in [0.05, 0.1) is 87.2 Å². The second-order valence-corrected chi connectivity index (χ2v) is 28.6. The summed E-state index contributed by atoms with van der Waals surface area (Å²) < 4.78 is 1.25. The number of quaternary nitrogens is 2. The zero-order valence-corrected chi connectivity index (χ0v) is 59.3. The average Bonchev–Trinajstić information content (AvgIpc) is 1.55. The summed E-state index contributed by atoms with van der Waals surface area (Å²) in [6.07, 6.45) is 0. The lowest BCUT2D eigenvalue weighted by Gasteiger charge is -2.24. The van der Waals surface area contributed by atoms with Gasteiger partial charge in [-0.2, -0.15) is 0 Å². The first kappa shape index (κ1) is 64.5. The summed E-state index contributed by atoms with van der Waals surface area (Å²) in [6, 6.07) is 128. The fourth-order valence-electron chi connectivity index (χ4n) is 15.5. The van der Waals surface area contributed by atoms with Gasteiger partial charge in [-0.05, 0) is 115 Å². The summed E-state index contributed by atoms with van der Waals surface area (Å²) in [5.74, 6) is 0. The van der Waals surface area contributed by atoms with Crippen molar-refractivity contribution >= 4 is 67.4 Å². The van der Waals surface area contributed by atoms with Crippen molar-refractivity contribution in [3.05, 3.63) is 430 Å². The Kier molecular flexibility index (Phi) is 16.7. The molecule has 498 valence electrons. The third kappa shape index (κ3) is 11.7. The number of aromatic amines is 2. The van der Waals surface area contributed by atoms with Crippen molar-refractivity contribution in [2.75, 3.05) is 42.3 Å². The van der Waals surface area contributed by atoms with Crippen molar-refractivity contribution < 1.29 is 0 Å². The standard InChI is InChI=1S/C98H78N6/c1-103(2,3)77-61-57-75(58-62-77)89-95-83(69-45-25-11-26-46-69)81(67-41-21-9-22-42-67)93(100-95)87(73-53-33-15-34-54-73)91-79(65-37-17-7-18-38-65)80(66-39-19-8-20-40-66)92(99-91)88(74-55-35-16-36-56-74)94-82(68-43-23-10-24-44-68)84(70-47-27-12-28-48-70)96(101-94)90(76-59-63-78(64-60-76)104(4,5)6)98-86(72-51-31-14-32-52-72)85(97(89)102-98)71-49-29-13-30-50-71/h7-64,99,102H,1-6H3/q+2. The molecule has 0 atom stereocenters. The number of aromatic nitrogens is 2. The minimum Gasteiger partial charge on any atom is -0.353 e. The van der Waals surface area contributed by atoms with E-state index in [0.29, 0.717) is 8.97 Å². The van der Waals surface area contributed by atoms with E-state index in [9.17, 15) is 0 Å². The highest BCUT2D eigenvalue weighted by Gasteiger charge is 2.40. The first-order valence-electron chi connectivity index (χ1n) is 35.8. The van der Waals surface area contributed by atoms with Crippen LogP contribution in [0.2, 0.25) is 0 Å². The number of hydrogen-bond acceptors (Lipinski definition) is 2. The quantitative estimate of drug-likeness (QED) is 0.102. The zero-order valence-electron chi connectivity index (χ0n) is 59.3. The van der Waals surface area contributed by atoms with Crippen LogP contribution >= 0.6 is 0 Å². The summed E-state index contributed by atoms with van der Waals surface area (Å²) in [6.45, 7) is 0. The maximum atomic E-state index is 6.58. The van der Waals surface area contributed by atoms with E-state index in [4.69, 9.17) is 9.98 Å². The molecule has 0 unspecified atom stereocenters. The van der Waals surface area contributed by atoms with Gasteiger partial charge in [-0.15, -0.1) is 0 Å². The molecule has 6 heteroatoms. The van der Waals surface area contributed by atoms with Crippen LogP contribution in [0.15, 0.2) is 373 Å². The summed E-state index contributed by atoms with van der Waals surface area (Å²) >= 11 is 0. The fraction of sp³-hybridized carbons (Fsp3) is 0.0612. The molecule has 2 aromatic heterocycles. The number of hydrogen-bond donors (Lipinski definition) is 2. The van der Waals surface area contributed by atoms with E-state index >= 15 is 0 Å². The molecule has 8 bridgehead atoms. The lowest BCUT2D eigenvalue weighted by atomic mass is 9.83. The Morgan fingerprint density at radius 1 is 0.192 bits per heavy atom. The number of benzene rings is 12. The Hall–Kier alpha value is -12.8. The lowest BCUT2D eigenvalue weighted by molar-refractivity contribution is 0.486. The lowest BCUT2D eigenvalue weighted by Crippen LogP contribution is -2.34. The van der Waals surface area contributed by atoms with Crippen LogP contribution in [0.25, 0.3) is 89.1 Å². The SMILES string of the molecule is C[N+](C)(C)c1ccc(C2=C3N=C(C(c4ccccc4)=C3c3ccccc3)C(c3ccccc3)=c3[nH]c(c(-c4ccccc4)c3-c3ccccc3)=C(c3ccccc3)C3=NC(=C(c4ccc([N+](C)(C)C)cc4)c4[nH]c2c(-c2ccccc2)c4-c2ccccc2)C(c2ccccc2)=C3c2ccccc2)cc1. The van der Waals surface area contributed by atoms with Gasteiger partial charge in [0.1, 0.15) is 11.4 Å². The first-order valence-corrected chi connectivity index (χ1v) is 35.8. The first-order chi connectivity index (χ1) is 50.9. The summed E-state index contributed by atoms with van der Waals surface area (Å²) in [5.41, 5.74) is 31.5. The molecule has 4 heterocycles. The summed E-state index contributed by atoms with van der Waals surface area (Å²) in [5, 5.41) is 1.82. The van der Waals surface area contributed by atoms with Crippen LogP contribution in [0.5, 0.6) is 0 Å². The molecule has 2 N–H and O–H groups in total. The largest absolute Gasteiger partial charge is 0.353 e. The highest BCUT2D eigenvalue weighted by Crippen LogP contribution is 2.55. The monoisotopic (exact) mass is 1340 g/mol. The third-order valence-electron chi connectivity index (χ3n) is 20.3. The van der Waals surface area contributed by atoms with Gasteiger partial charge in [0, 0.05) is 66.8 Å². The topological polar surface area (TPSA) is 56.3 Å². The average molecular weight is 1340 g/mol. The minimum absolute atomic E-state index is 0.627. The predicted octanol–water partition coefficient (Wildman–Crippen LogP) is 21.2. The van der Waals surface area contributed by atoms with Crippen LogP contribution in [0.4, 0.5) is 11.4 Å². The molecule has 0 spiro atoms. The van der Waals surface area contributed by atoms with E-state index in [-0.39, 0.29) is 0 Å². The zero-order chi connectivity index (χ0) is 70.5. The smallest absolute Gasteiger partial charge is 0.132 e. The van der Waals surface area contributed by atoms with Crippen LogP contribution in [0.3, 0.4) is 0 Å². The van der Waals surface area contributed by atoms with Crippen LogP contribution < -0.4 is 19.7 Å². The molecule has 12 aromatic carbocycles. The van der Waals surface area contributed by atoms with Crippen LogP contribution in [0.1, 0.15) is 55.9 Å². The maximum Gasteiger partial charge on any atom is 0.132 e. The summed E-state index contributed by atoms with van der Waals surface area (Å²) in [4.78, 5) is 22.2. The van der Waals surface area contributed by atoms with Crippen molar-refractivity contribution in [2.45, 2.75) is 0 Å². The molecule has 0 amide bonds. The van der Waals surface area contributed by atoms with Crippen molar-refractivity contribution in [3.63, 3.8) is 0 Å². The Balaban J connectivity index is 1.24. The maximum absolute atomic E-state index is 6.58. The van der Waals surface area contributed by atoms with Crippen molar-refractivity contribution in [1.29, 1.82) is 0 Å². The molecular weight excluding hydrogens is 1260 g/mol. The number of rotatable bonds is 14. The normalized spacial score (nSPS) is 14.0. The number of nitrogens with one attached hydrogen (secondary N) is 2. The molecule has 104 heavy (non-hydrogen) atoms. The second kappa shape index (κ2) is 26.9. The van der Waals surface area contributed by atoms with Gasteiger partial charge >= 0.3 is 0 Å². The third-order valence-corrected chi connectivity index (χ3v) is 20.3. The van der Waals surface area contributed by atoms with Gasteiger partial charge in [-0.25, -0.2) is 9.98 Å². The van der Waals surface area contributed by atoms with Crippen LogP contribution in [-0.2, 0) is 0 Å². The molecule has 1 aliphatic carbocycles. The van der Waals surface area contributed by atoms with E-state index in [1.54, 1.807) is 0 Å². The van der Waals surface area contributed by atoms with Crippen LogP contribution in [0, 0.1) is 0 Å². The Morgan fingerprint density at radius 2 is 0.404 bits per heavy atom. The van der Waals surface area contributed by atoms with Gasteiger partial charge in [-0.1, -0.05) is 303 Å². The Labute approximate surface area is 609 Å². The molecule has 3 aliphatic rings. The highest BCUT2D eigenvalue weighted by molar-refractivity contribution is 6.53. The van der Waals surface area contributed by atoms with Gasteiger partial charge in [0.25, 0.3) is 0 Å². The molecule has 0 radical (unpaired) electrons. The highest BCUT2D eigenvalue weighted by atomic mass is 15.3. The van der Waals surface area contributed by atoms with Crippen molar-refractivity contribution in [2.24, 2.45) is 9.98 Å². The van der Waals surface area contributed by atoms with E-state index in [1.165, 1.54) is 0 Å². The number of aliphatic imine (C=N–C) groups is 2.